The van der Waals surface area contributed by atoms with Crippen LogP contribution in [0.25, 0.3) is 10.7 Å². The van der Waals surface area contributed by atoms with Crippen LogP contribution in [0, 0.1) is 0 Å². The largest absolute Gasteiger partial charge is 0.325 e. The monoisotopic (exact) mass is 411 g/mol. The molecule has 26 heavy (non-hydrogen) atoms. The molecule has 0 aliphatic rings. The zero-order valence-corrected chi connectivity index (χ0v) is 17.2. The molecule has 0 radical (unpaired) electrons. The lowest BCUT2D eigenvalue weighted by atomic mass is 10.2. The third-order valence-electron chi connectivity index (χ3n) is 3.78. The van der Waals surface area contributed by atoms with Crippen molar-refractivity contribution in [3.05, 3.63) is 53.7 Å². The Labute approximate surface area is 170 Å². The van der Waals surface area contributed by atoms with Crippen LogP contribution in [0.15, 0.2) is 48.1 Å². The van der Waals surface area contributed by atoms with Gasteiger partial charge in [-0.15, -0.1) is 36.2 Å². The van der Waals surface area contributed by atoms with Crippen LogP contribution in [0.5, 0.6) is 0 Å². The van der Waals surface area contributed by atoms with Gasteiger partial charge in [0.15, 0.2) is 0 Å². The lowest BCUT2D eigenvalue weighted by Crippen LogP contribution is -2.22. The first-order chi connectivity index (χ1) is 11.8. The number of aromatic nitrogens is 3. The maximum atomic E-state index is 4.60. The quantitative estimate of drug-likeness (QED) is 0.590. The van der Waals surface area contributed by atoms with Gasteiger partial charge < -0.3 is 5.32 Å². The number of nitrogens with zero attached hydrogens (tertiary/aromatic N) is 4. The van der Waals surface area contributed by atoms with Gasteiger partial charge in [-0.2, -0.15) is 0 Å². The number of hydrogen-bond acceptors (Lipinski definition) is 6. The molecule has 0 unspecified atom stereocenters. The van der Waals surface area contributed by atoms with E-state index in [1.807, 2.05) is 35.8 Å². The second-order valence-corrected chi connectivity index (χ2v) is 6.28. The van der Waals surface area contributed by atoms with E-state index >= 15 is 0 Å². The summed E-state index contributed by atoms with van der Waals surface area (Å²) in [6.07, 6.45) is 3.71. The van der Waals surface area contributed by atoms with Crippen LogP contribution in [-0.4, -0.2) is 32.9 Å². The van der Waals surface area contributed by atoms with Crippen molar-refractivity contribution in [2.24, 2.45) is 0 Å². The Morgan fingerprint density at radius 1 is 1.00 bits per heavy atom. The van der Waals surface area contributed by atoms with E-state index < -0.39 is 0 Å². The molecule has 0 atom stereocenters. The fourth-order valence-electron chi connectivity index (χ4n) is 2.40. The van der Waals surface area contributed by atoms with Crippen molar-refractivity contribution >= 4 is 47.8 Å². The molecule has 0 saturated carbocycles. The minimum Gasteiger partial charge on any atom is -0.325 e. The summed E-state index contributed by atoms with van der Waals surface area (Å²) in [4.78, 5) is 15.8. The molecule has 0 fully saturated rings. The van der Waals surface area contributed by atoms with Crippen molar-refractivity contribution < 1.29 is 0 Å². The van der Waals surface area contributed by atoms with Gasteiger partial charge in [0.2, 0.25) is 0 Å². The van der Waals surface area contributed by atoms with E-state index in [1.54, 1.807) is 17.5 Å². The third kappa shape index (κ3) is 5.92. The molecule has 1 N–H and O–H groups in total. The topological polar surface area (TPSA) is 53.9 Å². The number of hydrogen-bond donors (Lipinski definition) is 1. The van der Waals surface area contributed by atoms with Crippen LogP contribution >= 0.6 is 36.2 Å². The minimum absolute atomic E-state index is 0. The third-order valence-corrected chi connectivity index (χ3v) is 4.58. The SMILES string of the molecule is CCN(CC)Cc1ccc(Nc2cccc(-c3nccs3)n2)nc1.Cl.Cl. The van der Waals surface area contributed by atoms with Gasteiger partial charge in [0.05, 0.1) is 0 Å². The molecule has 0 spiro atoms. The molecule has 0 bridgehead atoms. The predicted octanol–water partition coefficient (Wildman–Crippen LogP) is 5.03. The van der Waals surface area contributed by atoms with Gasteiger partial charge in [-0.25, -0.2) is 15.0 Å². The van der Waals surface area contributed by atoms with Crippen LogP contribution in [-0.2, 0) is 6.54 Å². The average Bonchev–Trinajstić information content (AvgIpc) is 3.16. The van der Waals surface area contributed by atoms with Gasteiger partial charge in [0.25, 0.3) is 0 Å². The van der Waals surface area contributed by atoms with E-state index in [0.29, 0.717) is 0 Å². The molecule has 3 heterocycles. The maximum absolute atomic E-state index is 4.60. The van der Waals surface area contributed by atoms with Crippen molar-refractivity contribution in [3.63, 3.8) is 0 Å². The highest BCUT2D eigenvalue weighted by Crippen LogP contribution is 2.22. The minimum atomic E-state index is 0. The van der Waals surface area contributed by atoms with E-state index in [1.165, 1.54) is 5.56 Å². The molecular formula is C18H23Cl2N5S. The highest BCUT2D eigenvalue weighted by molar-refractivity contribution is 7.13. The Bertz CT molecular complexity index is 762. The van der Waals surface area contributed by atoms with Crippen LogP contribution in [0.3, 0.4) is 0 Å². The summed E-state index contributed by atoms with van der Waals surface area (Å²) in [5.74, 6) is 1.56. The van der Waals surface area contributed by atoms with Gasteiger partial charge in [-0.1, -0.05) is 26.0 Å². The first-order valence-corrected chi connectivity index (χ1v) is 8.97. The van der Waals surface area contributed by atoms with Crippen LogP contribution in [0.2, 0.25) is 0 Å². The maximum Gasteiger partial charge on any atom is 0.141 e. The molecule has 0 amide bonds. The number of anilines is 2. The molecule has 8 heteroatoms. The highest BCUT2D eigenvalue weighted by Gasteiger charge is 2.05. The molecule has 3 rings (SSSR count). The van der Waals surface area contributed by atoms with E-state index in [0.717, 1.165) is 42.0 Å². The second kappa shape index (κ2) is 11.1. The van der Waals surface area contributed by atoms with Gasteiger partial charge >= 0.3 is 0 Å². The van der Waals surface area contributed by atoms with Crippen molar-refractivity contribution in [1.82, 2.24) is 19.9 Å². The summed E-state index contributed by atoms with van der Waals surface area (Å²) in [5, 5.41) is 6.13. The Kier molecular flexibility index (Phi) is 9.51. The van der Waals surface area contributed by atoms with Gasteiger partial charge in [0, 0.05) is 24.3 Å². The predicted molar refractivity (Wildman–Crippen MR) is 114 cm³/mol. The van der Waals surface area contributed by atoms with Gasteiger partial charge in [-0.3, -0.25) is 4.90 Å². The van der Waals surface area contributed by atoms with Crippen molar-refractivity contribution in [2.75, 3.05) is 18.4 Å². The van der Waals surface area contributed by atoms with E-state index in [-0.39, 0.29) is 24.8 Å². The summed E-state index contributed by atoms with van der Waals surface area (Å²) in [5.41, 5.74) is 2.09. The number of pyridine rings is 2. The van der Waals surface area contributed by atoms with Crippen LogP contribution < -0.4 is 5.32 Å². The molecule has 140 valence electrons. The molecule has 0 aliphatic carbocycles. The smallest absolute Gasteiger partial charge is 0.141 e. The van der Waals surface area contributed by atoms with Crippen molar-refractivity contribution in [2.45, 2.75) is 20.4 Å². The number of halogens is 2. The lowest BCUT2D eigenvalue weighted by Gasteiger charge is -2.17. The molecular weight excluding hydrogens is 389 g/mol. The van der Waals surface area contributed by atoms with E-state index in [4.69, 9.17) is 0 Å². The summed E-state index contributed by atoms with van der Waals surface area (Å²) in [6, 6.07) is 9.98. The number of nitrogens with one attached hydrogen (secondary N) is 1. The molecule has 3 aromatic heterocycles. The fraction of sp³-hybridized carbons (Fsp3) is 0.278. The van der Waals surface area contributed by atoms with Gasteiger partial charge in [0.1, 0.15) is 22.3 Å². The Hall–Kier alpha value is -1.73. The molecule has 0 saturated heterocycles. The summed E-state index contributed by atoms with van der Waals surface area (Å²) in [7, 11) is 0. The van der Waals surface area contributed by atoms with Crippen molar-refractivity contribution in [1.29, 1.82) is 0 Å². The van der Waals surface area contributed by atoms with Gasteiger partial charge in [-0.05, 0) is 36.9 Å². The average molecular weight is 412 g/mol. The first-order valence-electron chi connectivity index (χ1n) is 8.09. The summed E-state index contributed by atoms with van der Waals surface area (Å²) >= 11 is 1.58. The molecule has 3 aromatic rings. The normalized spacial score (nSPS) is 10.1. The van der Waals surface area contributed by atoms with Crippen LogP contribution in [0.1, 0.15) is 19.4 Å². The molecule has 0 aromatic carbocycles. The first kappa shape index (κ1) is 22.3. The number of rotatable bonds is 7. The van der Waals surface area contributed by atoms with Crippen LogP contribution in [0.4, 0.5) is 11.6 Å². The molecule has 5 nitrogen and oxygen atoms in total. The van der Waals surface area contributed by atoms with E-state index in [9.17, 15) is 0 Å². The summed E-state index contributed by atoms with van der Waals surface area (Å²) < 4.78 is 0. The van der Waals surface area contributed by atoms with Crippen molar-refractivity contribution in [3.8, 4) is 10.7 Å². The Balaban J connectivity index is 0.00000169. The van der Waals surface area contributed by atoms with E-state index in [2.05, 4.69) is 45.1 Å². The zero-order chi connectivity index (χ0) is 16.8. The lowest BCUT2D eigenvalue weighted by molar-refractivity contribution is 0.295. The number of thiazole rings is 1. The summed E-state index contributed by atoms with van der Waals surface area (Å²) in [6.45, 7) is 7.37. The Morgan fingerprint density at radius 2 is 1.81 bits per heavy atom. The second-order valence-electron chi connectivity index (χ2n) is 5.38. The fourth-order valence-corrected chi connectivity index (χ4v) is 3.01. The standard InChI is InChI=1S/C18H21N5S.2ClH/c1-3-23(4-2)13-14-8-9-16(20-12-14)22-17-7-5-6-15(21-17)18-19-10-11-24-18;;/h5-12H,3-4,13H2,1-2H3,(H,20,21,22);2*1H. The highest BCUT2D eigenvalue weighted by atomic mass is 35.5. The zero-order valence-electron chi connectivity index (χ0n) is 14.8. The molecule has 0 aliphatic heterocycles. The Morgan fingerprint density at radius 3 is 2.42 bits per heavy atom.